The molecule has 0 spiro atoms. The third-order valence-corrected chi connectivity index (χ3v) is 3.59. The number of ether oxygens (including phenoxy) is 1. The molecule has 0 aliphatic carbocycles. The van der Waals surface area contributed by atoms with Crippen molar-refractivity contribution in [2.24, 2.45) is 0 Å². The molecule has 1 aromatic heterocycles. The van der Waals surface area contributed by atoms with Crippen LogP contribution in [0.5, 0.6) is 5.75 Å². The fourth-order valence-electron chi connectivity index (χ4n) is 2.41. The van der Waals surface area contributed by atoms with Gasteiger partial charge < -0.3 is 15.4 Å². The minimum Gasteiger partial charge on any atom is -0.489 e. The highest BCUT2D eigenvalue weighted by Crippen LogP contribution is 2.28. The molecule has 128 valence electrons. The number of aryl methyl sites for hydroxylation is 1. The van der Waals surface area contributed by atoms with Crippen molar-refractivity contribution in [2.75, 3.05) is 10.6 Å². The topological polar surface area (TPSA) is 59.1 Å². The molecule has 5 nitrogen and oxygen atoms in total. The highest BCUT2D eigenvalue weighted by molar-refractivity contribution is 5.67. The van der Waals surface area contributed by atoms with Crippen molar-refractivity contribution in [3.05, 3.63) is 66.5 Å². The molecule has 5 heteroatoms. The van der Waals surface area contributed by atoms with Gasteiger partial charge >= 0.3 is 0 Å². The van der Waals surface area contributed by atoms with Crippen molar-refractivity contribution in [3.63, 3.8) is 0 Å². The second kappa shape index (κ2) is 7.66. The summed E-state index contributed by atoms with van der Waals surface area (Å²) in [5.41, 5.74) is 3.05. The van der Waals surface area contributed by atoms with Crippen molar-refractivity contribution >= 4 is 23.0 Å². The van der Waals surface area contributed by atoms with Crippen molar-refractivity contribution in [3.8, 4) is 5.75 Å². The van der Waals surface area contributed by atoms with E-state index in [9.17, 15) is 0 Å². The van der Waals surface area contributed by atoms with Crippen LogP contribution in [0.4, 0.5) is 23.0 Å². The summed E-state index contributed by atoms with van der Waals surface area (Å²) in [4.78, 5) is 8.60. The molecule has 0 saturated heterocycles. The third kappa shape index (κ3) is 4.47. The van der Waals surface area contributed by atoms with Crippen molar-refractivity contribution in [1.29, 1.82) is 0 Å². The van der Waals surface area contributed by atoms with Gasteiger partial charge in [-0.2, -0.15) is 0 Å². The second-order valence-electron chi connectivity index (χ2n) is 6.02. The molecule has 0 radical (unpaired) electrons. The predicted molar refractivity (Wildman–Crippen MR) is 102 cm³/mol. The molecule has 0 bridgehead atoms. The Morgan fingerprint density at radius 3 is 2.12 bits per heavy atom. The zero-order valence-corrected chi connectivity index (χ0v) is 14.7. The van der Waals surface area contributed by atoms with Crippen LogP contribution in [0.25, 0.3) is 0 Å². The maximum absolute atomic E-state index is 5.84. The van der Waals surface area contributed by atoms with Gasteiger partial charge in [-0.05, 0) is 44.5 Å². The lowest BCUT2D eigenvalue weighted by atomic mass is 10.2. The summed E-state index contributed by atoms with van der Waals surface area (Å²) in [6.07, 6.45) is 1.64. The van der Waals surface area contributed by atoms with E-state index in [0.717, 1.165) is 28.5 Å². The van der Waals surface area contributed by atoms with E-state index in [0.29, 0.717) is 5.82 Å². The maximum Gasteiger partial charge on any atom is 0.143 e. The monoisotopic (exact) mass is 334 g/mol. The Bertz CT molecular complexity index is 848. The zero-order valence-electron chi connectivity index (χ0n) is 14.7. The SMILES string of the molecule is Cc1ccccc1Nc1cc(Nc2ccccc2OC(C)C)ncn1. The molecule has 0 amide bonds. The summed E-state index contributed by atoms with van der Waals surface area (Å²) in [6.45, 7) is 6.07. The standard InChI is InChI=1S/C20H22N4O/c1-14(2)25-18-11-7-6-10-17(18)24-20-12-19(21-13-22-20)23-16-9-5-4-8-15(16)3/h4-14H,1-3H3,(H2,21,22,23,24). The first kappa shape index (κ1) is 16.8. The van der Waals surface area contributed by atoms with Gasteiger partial charge in [0.25, 0.3) is 0 Å². The minimum atomic E-state index is 0.103. The van der Waals surface area contributed by atoms with Crippen molar-refractivity contribution in [1.82, 2.24) is 9.97 Å². The van der Waals surface area contributed by atoms with E-state index < -0.39 is 0 Å². The van der Waals surface area contributed by atoms with Gasteiger partial charge in [-0.25, -0.2) is 9.97 Å². The molecule has 2 N–H and O–H groups in total. The number of hydrogen-bond acceptors (Lipinski definition) is 5. The van der Waals surface area contributed by atoms with Crippen LogP contribution in [0.2, 0.25) is 0 Å². The Hall–Kier alpha value is -3.08. The molecule has 1 heterocycles. The maximum atomic E-state index is 5.84. The number of para-hydroxylation sites is 3. The highest BCUT2D eigenvalue weighted by atomic mass is 16.5. The van der Waals surface area contributed by atoms with Crippen LogP contribution in [-0.2, 0) is 0 Å². The van der Waals surface area contributed by atoms with E-state index in [-0.39, 0.29) is 6.10 Å². The average Bonchev–Trinajstić information content (AvgIpc) is 2.59. The van der Waals surface area contributed by atoms with Gasteiger partial charge in [0.2, 0.25) is 0 Å². The first-order chi connectivity index (χ1) is 12.1. The van der Waals surface area contributed by atoms with Crippen molar-refractivity contribution < 1.29 is 4.74 Å². The van der Waals surface area contributed by atoms with Crippen LogP contribution in [-0.4, -0.2) is 16.1 Å². The highest BCUT2D eigenvalue weighted by Gasteiger charge is 2.07. The smallest absolute Gasteiger partial charge is 0.143 e. The van der Waals surface area contributed by atoms with E-state index in [2.05, 4.69) is 33.6 Å². The molecule has 0 fully saturated rings. The van der Waals surface area contributed by atoms with E-state index in [1.807, 2.05) is 62.4 Å². The van der Waals surface area contributed by atoms with Crippen LogP contribution < -0.4 is 15.4 Å². The molecule has 25 heavy (non-hydrogen) atoms. The van der Waals surface area contributed by atoms with E-state index >= 15 is 0 Å². The molecule has 0 atom stereocenters. The summed E-state index contributed by atoms with van der Waals surface area (Å²) >= 11 is 0. The van der Waals surface area contributed by atoms with Gasteiger partial charge in [0, 0.05) is 11.8 Å². The van der Waals surface area contributed by atoms with Crippen LogP contribution in [0.1, 0.15) is 19.4 Å². The van der Waals surface area contributed by atoms with Crippen LogP contribution in [0.3, 0.4) is 0 Å². The summed E-state index contributed by atoms with van der Waals surface area (Å²) in [6, 6.07) is 17.8. The Balaban J connectivity index is 1.80. The summed E-state index contributed by atoms with van der Waals surface area (Å²) in [7, 11) is 0. The van der Waals surface area contributed by atoms with Crippen LogP contribution in [0, 0.1) is 6.92 Å². The fraction of sp³-hybridized carbons (Fsp3) is 0.200. The van der Waals surface area contributed by atoms with Gasteiger partial charge in [0.1, 0.15) is 23.7 Å². The number of rotatable bonds is 6. The molecular formula is C20H22N4O. The lowest BCUT2D eigenvalue weighted by Gasteiger charge is -2.15. The lowest BCUT2D eigenvalue weighted by molar-refractivity contribution is 0.244. The van der Waals surface area contributed by atoms with E-state index in [1.54, 1.807) is 0 Å². The molecule has 0 unspecified atom stereocenters. The largest absolute Gasteiger partial charge is 0.489 e. The number of anilines is 4. The first-order valence-corrected chi connectivity index (χ1v) is 8.29. The Kier molecular flexibility index (Phi) is 5.14. The molecule has 0 saturated carbocycles. The molecular weight excluding hydrogens is 312 g/mol. The molecule has 3 rings (SSSR count). The summed E-state index contributed by atoms with van der Waals surface area (Å²) in [5.74, 6) is 2.23. The van der Waals surface area contributed by atoms with E-state index in [1.165, 1.54) is 6.33 Å². The van der Waals surface area contributed by atoms with Gasteiger partial charge in [-0.1, -0.05) is 30.3 Å². The van der Waals surface area contributed by atoms with Gasteiger partial charge in [0.15, 0.2) is 0 Å². The second-order valence-corrected chi connectivity index (χ2v) is 6.02. The summed E-state index contributed by atoms with van der Waals surface area (Å²) in [5, 5.41) is 6.63. The summed E-state index contributed by atoms with van der Waals surface area (Å²) < 4.78 is 5.84. The quantitative estimate of drug-likeness (QED) is 0.660. The predicted octanol–water partition coefficient (Wildman–Crippen LogP) is 5.06. The number of hydrogen-bond donors (Lipinski definition) is 2. The fourth-order valence-corrected chi connectivity index (χ4v) is 2.41. The normalized spacial score (nSPS) is 10.6. The Morgan fingerprint density at radius 2 is 1.44 bits per heavy atom. The molecule has 2 aromatic carbocycles. The van der Waals surface area contributed by atoms with E-state index in [4.69, 9.17) is 4.74 Å². The number of nitrogens with zero attached hydrogens (tertiary/aromatic N) is 2. The number of aromatic nitrogens is 2. The van der Waals surface area contributed by atoms with Gasteiger partial charge in [0.05, 0.1) is 11.8 Å². The number of benzene rings is 2. The molecule has 0 aliphatic rings. The minimum absolute atomic E-state index is 0.103. The average molecular weight is 334 g/mol. The lowest BCUT2D eigenvalue weighted by Crippen LogP contribution is -2.07. The van der Waals surface area contributed by atoms with Crippen LogP contribution in [0.15, 0.2) is 60.9 Å². The Labute approximate surface area is 148 Å². The molecule has 3 aromatic rings. The molecule has 0 aliphatic heterocycles. The zero-order chi connectivity index (χ0) is 17.6. The third-order valence-electron chi connectivity index (χ3n) is 3.59. The van der Waals surface area contributed by atoms with Crippen molar-refractivity contribution in [2.45, 2.75) is 26.9 Å². The number of nitrogens with one attached hydrogen (secondary N) is 2. The first-order valence-electron chi connectivity index (χ1n) is 8.29. The van der Waals surface area contributed by atoms with Crippen LogP contribution >= 0.6 is 0 Å². The Morgan fingerprint density at radius 1 is 0.840 bits per heavy atom. The van der Waals surface area contributed by atoms with Gasteiger partial charge in [-0.15, -0.1) is 0 Å². The van der Waals surface area contributed by atoms with Gasteiger partial charge in [-0.3, -0.25) is 0 Å².